The number of aliphatic hydroxyl groups is 2. The van der Waals surface area contributed by atoms with Crippen molar-refractivity contribution in [3.63, 3.8) is 0 Å². The maximum absolute atomic E-state index is 9.02. The summed E-state index contributed by atoms with van der Waals surface area (Å²) in [4.78, 5) is 0. The molecule has 0 fully saturated rings. The second kappa shape index (κ2) is 6.27. The largest absolute Gasteiger partial charge is 0.508 e. The Morgan fingerprint density at radius 1 is 1.07 bits per heavy atom. The Morgan fingerprint density at radius 3 is 2.33 bits per heavy atom. The predicted octanol–water partition coefficient (Wildman–Crippen LogP) is 1.25. The molecule has 15 heavy (non-hydrogen) atoms. The molecule has 3 N–H and O–H groups in total. The van der Waals surface area contributed by atoms with E-state index in [1.807, 2.05) is 0 Å². The normalized spacial score (nSPS) is 10.6. The van der Waals surface area contributed by atoms with Gasteiger partial charge in [-0.15, -0.1) is 0 Å². The zero-order chi connectivity index (χ0) is 11.1. The van der Waals surface area contributed by atoms with Crippen LogP contribution in [-0.2, 0) is 0 Å². The van der Waals surface area contributed by atoms with Crippen LogP contribution in [0.5, 0.6) is 11.5 Å². The van der Waals surface area contributed by atoms with E-state index in [1.54, 1.807) is 24.3 Å². The number of aliphatic hydroxyl groups excluding tert-OH is 1. The summed E-state index contributed by atoms with van der Waals surface area (Å²) in [6.45, 7) is 0.539. The van der Waals surface area contributed by atoms with E-state index in [0.29, 0.717) is 18.8 Å². The minimum Gasteiger partial charge on any atom is -0.508 e. The van der Waals surface area contributed by atoms with Crippen molar-refractivity contribution in [1.29, 1.82) is 0 Å². The molecule has 0 atom stereocenters. The van der Waals surface area contributed by atoms with Gasteiger partial charge < -0.3 is 20.1 Å². The van der Waals surface area contributed by atoms with Crippen molar-refractivity contribution in [3.8, 4) is 11.5 Å². The average molecular weight is 212 g/mol. The number of benzene rings is 1. The molecule has 4 heteroatoms. The molecular weight excluding hydrogens is 196 g/mol. The fourth-order valence-electron chi connectivity index (χ4n) is 1.16. The van der Waals surface area contributed by atoms with Gasteiger partial charge in [0.1, 0.15) is 11.5 Å². The van der Waals surface area contributed by atoms with Gasteiger partial charge in [0.05, 0.1) is 6.61 Å². The summed E-state index contributed by atoms with van der Waals surface area (Å²) in [5.74, 6) is 0.920. The lowest BCUT2D eigenvalue weighted by Crippen LogP contribution is -2.05. The number of hydrogen-bond acceptors (Lipinski definition) is 4. The molecule has 0 radical (unpaired) electrons. The topological polar surface area (TPSA) is 69.9 Å². The Morgan fingerprint density at radius 2 is 1.73 bits per heavy atom. The minimum atomic E-state index is -1.22. The van der Waals surface area contributed by atoms with Gasteiger partial charge in [-0.1, -0.05) is 0 Å². The van der Waals surface area contributed by atoms with Crippen molar-refractivity contribution in [2.45, 2.75) is 25.6 Å². The van der Waals surface area contributed by atoms with Crippen molar-refractivity contribution in [2.24, 2.45) is 0 Å². The number of ether oxygens (including phenoxy) is 1. The summed E-state index contributed by atoms with van der Waals surface area (Å²) in [5.41, 5.74) is 0. The highest BCUT2D eigenvalue weighted by Crippen LogP contribution is 2.16. The van der Waals surface area contributed by atoms with Crippen LogP contribution in [0.25, 0.3) is 0 Å². The number of phenolic OH excluding ortho intramolecular Hbond substituents is 1. The lowest BCUT2D eigenvalue weighted by atomic mass is 10.2. The molecule has 0 bridgehead atoms. The standard InChI is InChI=1S/C11H16O4/c12-9-4-6-10(7-5-9)15-8-2-1-3-11(13)14/h4-7,11-14H,1-3,8H2. The second-order valence-electron chi connectivity index (χ2n) is 3.32. The fraction of sp³-hybridized carbons (Fsp3) is 0.455. The molecule has 0 spiro atoms. The van der Waals surface area contributed by atoms with E-state index < -0.39 is 6.29 Å². The van der Waals surface area contributed by atoms with Crippen LogP contribution in [-0.4, -0.2) is 28.2 Å². The Bertz CT molecular complexity index is 268. The van der Waals surface area contributed by atoms with E-state index in [9.17, 15) is 0 Å². The second-order valence-corrected chi connectivity index (χ2v) is 3.32. The Balaban J connectivity index is 2.12. The summed E-state index contributed by atoms with van der Waals surface area (Å²) in [7, 11) is 0. The lowest BCUT2D eigenvalue weighted by molar-refractivity contribution is -0.0468. The van der Waals surface area contributed by atoms with E-state index in [1.165, 1.54) is 0 Å². The number of hydrogen-bond donors (Lipinski definition) is 3. The molecular formula is C11H16O4. The van der Waals surface area contributed by atoms with Gasteiger partial charge in [0.2, 0.25) is 0 Å². The van der Waals surface area contributed by atoms with E-state index in [4.69, 9.17) is 20.1 Å². The van der Waals surface area contributed by atoms with Gasteiger partial charge >= 0.3 is 0 Å². The molecule has 0 unspecified atom stereocenters. The van der Waals surface area contributed by atoms with E-state index in [2.05, 4.69) is 0 Å². The molecule has 1 aromatic rings. The molecule has 1 rings (SSSR count). The van der Waals surface area contributed by atoms with Gasteiger partial charge in [-0.3, -0.25) is 0 Å². The van der Waals surface area contributed by atoms with E-state index in [0.717, 1.165) is 12.8 Å². The SMILES string of the molecule is Oc1ccc(OCCCCC(O)O)cc1. The smallest absolute Gasteiger partial charge is 0.151 e. The fourth-order valence-corrected chi connectivity index (χ4v) is 1.16. The first-order valence-electron chi connectivity index (χ1n) is 4.96. The summed E-state index contributed by atoms with van der Waals surface area (Å²) >= 11 is 0. The molecule has 0 amide bonds. The Labute approximate surface area is 88.8 Å². The highest BCUT2D eigenvalue weighted by atomic mass is 16.5. The van der Waals surface area contributed by atoms with Gasteiger partial charge in [0.25, 0.3) is 0 Å². The van der Waals surface area contributed by atoms with Crippen LogP contribution in [0.3, 0.4) is 0 Å². The molecule has 0 aliphatic carbocycles. The van der Waals surface area contributed by atoms with Gasteiger partial charge in [0.15, 0.2) is 6.29 Å². The van der Waals surface area contributed by atoms with Gasteiger partial charge in [-0.2, -0.15) is 0 Å². The number of unbranched alkanes of at least 4 members (excludes halogenated alkanes) is 1. The Hall–Kier alpha value is -1.26. The highest BCUT2D eigenvalue weighted by Gasteiger charge is 1.97. The van der Waals surface area contributed by atoms with Crippen molar-refractivity contribution in [1.82, 2.24) is 0 Å². The third kappa shape index (κ3) is 5.24. The van der Waals surface area contributed by atoms with Crippen LogP contribution in [0.1, 0.15) is 19.3 Å². The third-order valence-electron chi connectivity index (χ3n) is 1.96. The van der Waals surface area contributed by atoms with Crippen LogP contribution in [0.15, 0.2) is 24.3 Å². The monoisotopic (exact) mass is 212 g/mol. The Kier molecular flexibility index (Phi) is 4.93. The lowest BCUT2D eigenvalue weighted by Gasteiger charge is -2.06. The molecule has 0 saturated heterocycles. The first-order chi connectivity index (χ1) is 7.18. The molecule has 4 nitrogen and oxygen atoms in total. The first-order valence-corrected chi connectivity index (χ1v) is 4.96. The number of phenols is 1. The molecule has 0 aliphatic heterocycles. The van der Waals surface area contributed by atoms with Crippen molar-refractivity contribution in [3.05, 3.63) is 24.3 Å². The van der Waals surface area contributed by atoms with Crippen LogP contribution in [0, 0.1) is 0 Å². The summed E-state index contributed by atoms with van der Waals surface area (Å²) < 4.78 is 5.37. The van der Waals surface area contributed by atoms with Crippen molar-refractivity contribution >= 4 is 0 Å². The number of aromatic hydroxyl groups is 1. The maximum atomic E-state index is 9.02. The zero-order valence-electron chi connectivity index (χ0n) is 8.47. The average Bonchev–Trinajstić information content (AvgIpc) is 2.20. The molecule has 0 saturated carbocycles. The van der Waals surface area contributed by atoms with E-state index in [-0.39, 0.29) is 5.75 Å². The molecule has 0 aliphatic rings. The molecule has 1 aromatic carbocycles. The summed E-state index contributed by atoms with van der Waals surface area (Å²) in [6.07, 6.45) is 0.645. The predicted molar refractivity (Wildman–Crippen MR) is 55.7 cm³/mol. The van der Waals surface area contributed by atoms with E-state index >= 15 is 0 Å². The van der Waals surface area contributed by atoms with Gasteiger partial charge in [-0.05, 0) is 43.5 Å². The summed E-state index contributed by atoms with van der Waals surface area (Å²) in [6, 6.07) is 6.51. The third-order valence-corrected chi connectivity index (χ3v) is 1.96. The minimum absolute atomic E-state index is 0.214. The maximum Gasteiger partial charge on any atom is 0.151 e. The van der Waals surface area contributed by atoms with Crippen molar-refractivity contribution < 1.29 is 20.1 Å². The van der Waals surface area contributed by atoms with Crippen molar-refractivity contribution in [2.75, 3.05) is 6.61 Å². The summed E-state index contributed by atoms with van der Waals surface area (Å²) in [5, 5.41) is 26.2. The molecule has 0 aromatic heterocycles. The quantitative estimate of drug-likeness (QED) is 0.490. The first kappa shape index (κ1) is 11.8. The highest BCUT2D eigenvalue weighted by molar-refractivity contribution is 5.29. The van der Waals surface area contributed by atoms with Crippen LogP contribution in [0.2, 0.25) is 0 Å². The van der Waals surface area contributed by atoms with Crippen LogP contribution in [0.4, 0.5) is 0 Å². The number of rotatable bonds is 6. The van der Waals surface area contributed by atoms with Crippen LogP contribution >= 0.6 is 0 Å². The van der Waals surface area contributed by atoms with Gasteiger partial charge in [-0.25, -0.2) is 0 Å². The van der Waals surface area contributed by atoms with Crippen LogP contribution < -0.4 is 4.74 Å². The molecule has 0 heterocycles. The molecule has 84 valence electrons. The zero-order valence-corrected chi connectivity index (χ0v) is 8.47. The van der Waals surface area contributed by atoms with Gasteiger partial charge in [0, 0.05) is 0 Å².